The van der Waals surface area contributed by atoms with Gasteiger partial charge in [-0.25, -0.2) is 10.0 Å². The van der Waals surface area contributed by atoms with Crippen LogP contribution in [0.15, 0.2) is 54.1 Å². The summed E-state index contributed by atoms with van der Waals surface area (Å²) in [5.74, 6) is -0.136. The van der Waals surface area contributed by atoms with Gasteiger partial charge in [-0.3, -0.25) is 9.59 Å². The van der Waals surface area contributed by atoms with Crippen LogP contribution in [-0.2, 0) is 18.8 Å². The predicted molar refractivity (Wildman–Crippen MR) is 133 cm³/mol. The maximum atomic E-state index is 12.8. The van der Waals surface area contributed by atoms with Crippen LogP contribution in [-0.4, -0.2) is 60.3 Å². The van der Waals surface area contributed by atoms with Crippen molar-refractivity contribution in [2.45, 2.75) is 32.1 Å². The summed E-state index contributed by atoms with van der Waals surface area (Å²) in [5, 5.41) is 4.94. The first-order valence-corrected chi connectivity index (χ1v) is 12.9. The summed E-state index contributed by atoms with van der Waals surface area (Å²) >= 11 is 0. The first-order valence-electron chi connectivity index (χ1n) is 11.4. The Labute approximate surface area is 205 Å². The lowest BCUT2D eigenvalue weighted by atomic mass is 10.1. The Morgan fingerprint density at radius 3 is 2.54 bits per heavy atom. The van der Waals surface area contributed by atoms with E-state index in [0.29, 0.717) is 37.1 Å². The fourth-order valence-electron chi connectivity index (χ4n) is 3.27. The zero-order valence-corrected chi connectivity index (χ0v) is 21.0. The minimum atomic E-state index is -4.76. The largest absolute Gasteiger partial charge is 0.491 e. The number of ether oxygens (including phenoxy) is 1. The lowest BCUT2D eigenvalue weighted by molar-refractivity contribution is -0.128. The number of rotatable bonds is 15. The molecule has 4 N–H and O–H groups in total. The second-order valence-electron chi connectivity index (χ2n) is 8.26. The van der Waals surface area contributed by atoms with Crippen molar-refractivity contribution in [2.24, 2.45) is 0 Å². The van der Waals surface area contributed by atoms with E-state index in [9.17, 15) is 14.2 Å². The number of hydrogen-bond acceptors (Lipinski definition) is 6. The van der Waals surface area contributed by atoms with Crippen molar-refractivity contribution in [3.05, 3.63) is 54.1 Å². The molecule has 0 aliphatic rings. The number of carbonyl (C=O) groups excluding carboxylic acids is 2. The van der Waals surface area contributed by atoms with E-state index < -0.39 is 13.7 Å². The van der Waals surface area contributed by atoms with Crippen molar-refractivity contribution in [3.63, 3.8) is 0 Å². The lowest BCUT2D eigenvalue weighted by Crippen LogP contribution is -2.30. The number of nitrogens with zero attached hydrogens (tertiary/aromatic N) is 1. The summed E-state index contributed by atoms with van der Waals surface area (Å²) in [5.41, 5.74) is 2.22. The zero-order chi connectivity index (χ0) is 25.7. The zero-order valence-electron chi connectivity index (χ0n) is 20.1. The van der Waals surface area contributed by atoms with E-state index in [0.717, 1.165) is 23.7 Å². The fourth-order valence-corrected chi connectivity index (χ4v) is 3.49. The summed E-state index contributed by atoms with van der Waals surface area (Å²) in [6, 6.07) is 13.6. The molecule has 2 amide bonds. The molecule has 0 atom stereocenters. The number of hydrogen-bond donors (Lipinski definition) is 4. The molecular weight excluding hydrogens is 473 g/mol. The number of carbonyl (C=O) groups is 2. The van der Waals surface area contributed by atoms with E-state index in [1.165, 1.54) is 0 Å². The highest BCUT2D eigenvalue weighted by Gasteiger charge is 2.16. The second kappa shape index (κ2) is 14.6. The molecule has 0 aliphatic heterocycles. The molecular formula is C24H34N3O7P. The first kappa shape index (κ1) is 28.5. The van der Waals surface area contributed by atoms with E-state index in [1.807, 2.05) is 61.5 Å². The SMILES string of the molecule is CN(C)CCCNC(=O)/C(=C/CCCCC(=O)NOP(=O)(O)O)COc1cccc2ccccc12. The number of fused-ring (bicyclic) bond motifs is 1. The third-order valence-corrected chi connectivity index (χ3v) is 5.35. The molecule has 2 aromatic rings. The van der Waals surface area contributed by atoms with E-state index in [1.54, 1.807) is 11.6 Å². The Bertz CT molecular complexity index is 1050. The molecule has 0 heterocycles. The van der Waals surface area contributed by atoms with Crippen LogP contribution in [0.4, 0.5) is 0 Å². The Morgan fingerprint density at radius 2 is 1.80 bits per heavy atom. The molecule has 0 aliphatic carbocycles. The van der Waals surface area contributed by atoms with Gasteiger partial charge in [-0.2, -0.15) is 4.62 Å². The average molecular weight is 508 g/mol. The van der Waals surface area contributed by atoms with Crippen molar-refractivity contribution in [3.8, 4) is 5.75 Å². The summed E-state index contributed by atoms with van der Waals surface area (Å²) in [7, 11) is -0.805. The molecule has 0 spiro atoms. The molecule has 192 valence electrons. The molecule has 0 saturated heterocycles. The van der Waals surface area contributed by atoms with Crippen LogP contribution < -0.4 is 15.5 Å². The van der Waals surface area contributed by atoms with E-state index in [-0.39, 0.29) is 18.9 Å². The summed E-state index contributed by atoms with van der Waals surface area (Å²) in [6.45, 7) is 1.51. The molecule has 0 aromatic heterocycles. The van der Waals surface area contributed by atoms with Gasteiger partial charge in [0.05, 0.1) is 5.57 Å². The Hall–Kier alpha value is -2.75. The standard InChI is InChI=1S/C24H34N3O7P/c1-27(2)17-9-16-25-24(29)20(11-4-3-5-15-23(28)26-34-35(30,31)32)18-33-22-14-8-12-19-10-6-7-13-21(19)22/h6-8,10-14H,3-5,9,15-18H2,1-2H3,(H,25,29)(H,26,28)(H2,30,31,32)/b20-11+. The van der Waals surface area contributed by atoms with Gasteiger partial charge in [-0.15, -0.1) is 0 Å². The first-order chi connectivity index (χ1) is 16.7. The minimum absolute atomic E-state index is 0.0341. The van der Waals surface area contributed by atoms with Gasteiger partial charge >= 0.3 is 7.82 Å². The van der Waals surface area contributed by atoms with Crippen LogP contribution >= 0.6 is 7.82 Å². The summed E-state index contributed by atoms with van der Waals surface area (Å²) in [4.78, 5) is 43.6. The van der Waals surface area contributed by atoms with Gasteiger partial charge < -0.3 is 24.7 Å². The van der Waals surface area contributed by atoms with Crippen molar-refractivity contribution >= 4 is 30.4 Å². The van der Waals surface area contributed by atoms with Gasteiger partial charge in [-0.1, -0.05) is 42.5 Å². The van der Waals surface area contributed by atoms with Crippen molar-refractivity contribution < 1.29 is 33.3 Å². The molecule has 2 aromatic carbocycles. The van der Waals surface area contributed by atoms with Gasteiger partial charge in [0.25, 0.3) is 0 Å². The normalized spacial score (nSPS) is 12.1. The van der Waals surface area contributed by atoms with Crippen molar-refractivity contribution in [1.82, 2.24) is 15.7 Å². The van der Waals surface area contributed by atoms with Crippen LogP contribution in [0, 0.1) is 0 Å². The van der Waals surface area contributed by atoms with E-state index in [4.69, 9.17) is 14.5 Å². The number of nitrogens with one attached hydrogen (secondary N) is 2. The lowest BCUT2D eigenvalue weighted by Gasteiger charge is -2.14. The average Bonchev–Trinajstić information content (AvgIpc) is 2.81. The molecule has 0 unspecified atom stereocenters. The molecule has 2 rings (SSSR count). The third kappa shape index (κ3) is 11.5. The van der Waals surface area contributed by atoms with Gasteiger partial charge in [0.1, 0.15) is 12.4 Å². The Morgan fingerprint density at radius 1 is 1.06 bits per heavy atom. The topological polar surface area (TPSA) is 137 Å². The smallest absolute Gasteiger partial charge is 0.488 e. The number of allylic oxidation sites excluding steroid dienone is 1. The van der Waals surface area contributed by atoms with Gasteiger partial charge in [0.15, 0.2) is 0 Å². The molecule has 10 nitrogen and oxygen atoms in total. The number of phosphoric acid groups is 1. The molecule has 0 saturated carbocycles. The third-order valence-electron chi connectivity index (χ3n) is 5.02. The number of hydroxylamine groups is 1. The van der Waals surface area contributed by atoms with Crippen molar-refractivity contribution in [2.75, 3.05) is 33.8 Å². The maximum absolute atomic E-state index is 12.8. The second-order valence-corrected chi connectivity index (χ2v) is 9.42. The van der Waals surface area contributed by atoms with Crippen LogP contribution in [0.3, 0.4) is 0 Å². The van der Waals surface area contributed by atoms with E-state index >= 15 is 0 Å². The minimum Gasteiger partial charge on any atom is -0.488 e. The Balaban J connectivity index is 1.93. The van der Waals surface area contributed by atoms with Crippen LogP contribution in [0.1, 0.15) is 32.1 Å². The Kier molecular flexibility index (Phi) is 11.9. The quantitative estimate of drug-likeness (QED) is 0.125. The molecule has 35 heavy (non-hydrogen) atoms. The highest BCUT2D eigenvalue weighted by Crippen LogP contribution is 2.33. The van der Waals surface area contributed by atoms with Crippen LogP contribution in [0.5, 0.6) is 5.75 Å². The van der Waals surface area contributed by atoms with Crippen LogP contribution in [0.2, 0.25) is 0 Å². The summed E-state index contributed by atoms with van der Waals surface area (Å²) in [6.07, 6.45) is 4.24. The monoisotopic (exact) mass is 507 g/mol. The van der Waals surface area contributed by atoms with Crippen LogP contribution in [0.25, 0.3) is 10.8 Å². The highest BCUT2D eigenvalue weighted by atomic mass is 31.2. The van der Waals surface area contributed by atoms with Gasteiger partial charge in [0.2, 0.25) is 11.8 Å². The van der Waals surface area contributed by atoms with Gasteiger partial charge in [0, 0.05) is 18.4 Å². The number of amides is 2. The number of benzene rings is 2. The predicted octanol–water partition coefficient (Wildman–Crippen LogP) is 2.91. The highest BCUT2D eigenvalue weighted by molar-refractivity contribution is 7.46. The number of unbranched alkanes of at least 4 members (excludes halogenated alkanes) is 2. The molecule has 0 fully saturated rings. The maximum Gasteiger partial charge on any atom is 0.491 e. The molecule has 11 heteroatoms. The van der Waals surface area contributed by atoms with E-state index in [2.05, 4.69) is 9.94 Å². The molecule has 0 radical (unpaired) electrons. The molecule has 0 bridgehead atoms. The summed E-state index contributed by atoms with van der Waals surface area (Å²) < 4.78 is 20.6. The van der Waals surface area contributed by atoms with Crippen molar-refractivity contribution in [1.29, 1.82) is 0 Å². The van der Waals surface area contributed by atoms with Gasteiger partial charge in [-0.05, 0) is 57.8 Å². The fraction of sp³-hybridized carbons (Fsp3) is 0.417.